The smallest absolute Gasteiger partial charge is 0.160 e. The van der Waals surface area contributed by atoms with Gasteiger partial charge in [0.25, 0.3) is 0 Å². The van der Waals surface area contributed by atoms with Gasteiger partial charge in [0, 0.05) is 12.2 Å². The number of nitrogens with zero attached hydrogens (tertiary/aromatic N) is 4. The predicted octanol–water partition coefficient (Wildman–Crippen LogP) is 3.30. The first-order chi connectivity index (χ1) is 10.7. The first-order valence-corrected chi connectivity index (χ1v) is 7.41. The van der Waals surface area contributed by atoms with E-state index < -0.39 is 0 Å². The van der Waals surface area contributed by atoms with Gasteiger partial charge in [0.15, 0.2) is 5.82 Å². The zero-order chi connectivity index (χ0) is 15.5. The molecule has 0 radical (unpaired) electrons. The summed E-state index contributed by atoms with van der Waals surface area (Å²) >= 11 is 0. The lowest BCUT2D eigenvalue weighted by Crippen LogP contribution is -2.02. The van der Waals surface area contributed by atoms with Crippen molar-refractivity contribution in [3.63, 3.8) is 0 Å². The van der Waals surface area contributed by atoms with Crippen LogP contribution >= 0.6 is 0 Å². The molecule has 6 heteroatoms. The highest BCUT2D eigenvalue weighted by atomic mass is 16.5. The SMILES string of the molecule is CCOc1ccc(Nc2ncnc3c(C)nn(CC)c23)cc1. The van der Waals surface area contributed by atoms with Crippen LogP contribution in [0, 0.1) is 6.92 Å². The normalized spacial score (nSPS) is 10.9. The molecule has 0 aliphatic rings. The lowest BCUT2D eigenvalue weighted by molar-refractivity contribution is 0.340. The van der Waals surface area contributed by atoms with Crippen LogP contribution in [0.4, 0.5) is 11.5 Å². The zero-order valence-corrected chi connectivity index (χ0v) is 13.0. The van der Waals surface area contributed by atoms with Crippen LogP contribution in [0.2, 0.25) is 0 Å². The molecule has 0 amide bonds. The molecule has 1 aromatic carbocycles. The molecule has 0 aliphatic carbocycles. The van der Waals surface area contributed by atoms with E-state index in [1.54, 1.807) is 6.33 Å². The Kier molecular flexibility index (Phi) is 3.91. The van der Waals surface area contributed by atoms with Gasteiger partial charge in [-0.25, -0.2) is 9.97 Å². The number of hydrogen-bond acceptors (Lipinski definition) is 5. The fraction of sp³-hybridized carbons (Fsp3) is 0.312. The van der Waals surface area contributed by atoms with E-state index >= 15 is 0 Å². The van der Waals surface area contributed by atoms with E-state index in [1.165, 1.54) is 0 Å². The average molecular weight is 297 g/mol. The third kappa shape index (κ3) is 2.59. The van der Waals surface area contributed by atoms with Gasteiger partial charge < -0.3 is 10.1 Å². The van der Waals surface area contributed by atoms with Crippen LogP contribution < -0.4 is 10.1 Å². The second-order valence-electron chi connectivity index (χ2n) is 4.90. The Labute approximate surface area is 129 Å². The molecule has 2 aromatic heterocycles. The number of benzene rings is 1. The highest BCUT2D eigenvalue weighted by Gasteiger charge is 2.13. The molecule has 1 N–H and O–H groups in total. The fourth-order valence-electron chi connectivity index (χ4n) is 2.42. The van der Waals surface area contributed by atoms with Crippen molar-refractivity contribution in [3.8, 4) is 5.75 Å². The molecule has 114 valence electrons. The van der Waals surface area contributed by atoms with Crippen molar-refractivity contribution < 1.29 is 4.74 Å². The maximum absolute atomic E-state index is 5.45. The highest BCUT2D eigenvalue weighted by Crippen LogP contribution is 2.25. The molecule has 6 nitrogen and oxygen atoms in total. The number of rotatable bonds is 5. The third-order valence-corrected chi connectivity index (χ3v) is 3.42. The Bertz CT molecular complexity index is 779. The van der Waals surface area contributed by atoms with Crippen LogP contribution in [-0.2, 0) is 6.54 Å². The van der Waals surface area contributed by atoms with E-state index in [9.17, 15) is 0 Å². The summed E-state index contributed by atoms with van der Waals surface area (Å²) in [5, 5.41) is 7.84. The summed E-state index contributed by atoms with van der Waals surface area (Å²) < 4.78 is 7.37. The summed E-state index contributed by atoms with van der Waals surface area (Å²) in [5.74, 6) is 1.62. The largest absolute Gasteiger partial charge is 0.494 e. The molecule has 0 bridgehead atoms. The van der Waals surface area contributed by atoms with Crippen molar-refractivity contribution in [2.24, 2.45) is 0 Å². The minimum Gasteiger partial charge on any atom is -0.494 e. The molecule has 22 heavy (non-hydrogen) atoms. The van der Waals surface area contributed by atoms with Gasteiger partial charge in [0.1, 0.15) is 23.1 Å². The number of aromatic nitrogens is 4. The second-order valence-corrected chi connectivity index (χ2v) is 4.90. The number of nitrogens with one attached hydrogen (secondary N) is 1. The summed E-state index contributed by atoms with van der Waals surface area (Å²) in [7, 11) is 0. The van der Waals surface area contributed by atoms with E-state index in [-0.39, 0.29) is 0 Å². The Morgan fingerprint density at radius 1 is 1.14 bits per heavy atom. The van der Waals surface area contributed by atoms with Gasteiger partial charge in [-0.1, -0.05) is 0 Å². The van der Waals surface area contributed by atoms with E-state index in [1.807, 2.05) is 42.8 Å². The van der Waals surface area contributed by atoms with Gasteiger partial charge >= 0.3 is 0 Å². The van der Waals surface area contributed by atoms with Crippen LogP contribution in [0.1, 0.15) is 19.5 Å². The predicted molar refractivity (Wildman–Crippen MR) is 86.6 cm³/mol. The Morgan fingerprint density at radius 3 is 2.59 bits per heavy atom. The minimum absolute atomic E-state index is 0.661. The Balaban J connectivity index is 1.96. The number of anilines is 2. The molecule has 0 spiro atoms. The molecule has 0 unspecified atom stereocenters. The minimum atomic E-state index is 0.661. The van der Waals surface area contributed by atoms with Crippen LogP contribution in [0.3, 0.4) is 0 Å². The second kappa shape index (κ2) is 6.01. The van der Waals surface area contributed by atoms with Crippen molar-refractivity contribution in [3.05, 3.63) is 36.3 Å². The molecule has 0 fully saturated rings. The van der Waals surface area contributed by atoms with Crippen LogP contribution in [0.5, 0.6) is 5.75 Å². The van der Waals surface area contributed by atoms with Gasteiger partial charge in [-0.15, -0.1) is 0 Å². The quantitative estimate of drug-likeness (QED) is 0.782. The average Bonchev–Trinajstić information content (AvgIpc) is 2.87. The summed E-state index contributed by atoms with van der Waals surface area (Å²) in [6.07, 6.45) is 1.56. The van der Waals surface area contributed by atoms with E-state index in [2.05, 4.69) is 27.3 Å². The van der Waals surface area contributed by atoms with Crippen molar-refractivity contribution in [1.29, 1.82) is 0 Å². The van der Waals surface area contributed by atoms with Crippen LogP contribution in [0.25, 0.3) is 11.0 Å². The summed E-state index contributed by atoms with van der Waals surface area (Å²) in [4.78, 5) is 8.70. The standard InChI is InChI=1S/C16H19N5O/c1-4-21-15-14(11(3)20-21)17-10-18-16(15)19-12-6-8-13(9-7-12)22-5-2/h6-10H,4-5H2,1-3H3,(H,17,18,19). The first kappa shape index (κ1) is 14.3. The molecular weight excluding hydrogens is 278 g/mol. The van der Waals surface area contributed by atoms with Crippen molar-refractivity contribution >= 4 is 22.5 Å². The van der Waals surface area contributed by atoms with Crippen LogP contribution in [0.15, 0.2) is 30.6 Å². The van der Waals surface area contributed by atoms with Gasteiger partial charge in [0.2, 0.25) is 0 Å². The first-order valence-electron chi connectivity index (χ1n) is 7.41. The lowest BCUT2D eigenvalue weighted by Gasteiger charge is -2.09. The summed E-state index contributed by atoms with van der Waals surface area (Å²) in [6.45, 7) is 7.42. The van der Waals surface area contributed by atoms with Gasteiger partial charge in [-0.05, 0) is 45.0 Å². The molecule has 3 aromatic rings. The zero-order valence-electron chi connectivity index (χ0n) is 13.0. The monoisotopic (exact) mass is 297 g/mol. The molecule has 0 aliphatic heterocycles. The lowest BCUT2D eigenvalue weighted by atomic mass is 10.3. The van der Waals surface area contributed by atoms with Crippen LogP contribution in [-0.4, -0.2) is 26.4 Å². The van der Waals surface area contributed by atoms with Crippen molar-refractivity contribution in [1.82, 2.24) is 19.7 Å². The van der Waals surface area contributed by atoms with Gasteiger partial charge in [-0.3, -0.25) is 4.68 Å². The van der Waals surface area contributed by atoms with E-state index in [4.69, 9.17) is 4.74 Å². The number of fused-ring (bicyclic) bond motifs is 1. The number of hydrogen-bond donors (Lipinski definition) is 1. The molecule has 0 atom stereocenters. The third-order valence-electron chi connectivity index (χ3n) is 3.42. The fourth-order valence-corrected chi connectivity index (χ4v) is 2.42. The van der Waals surface area contributed by atoms with Crippen molar-refractivity contribution in [2.45, 2.75) is 27.3 Å². The van der Waals surface area contributed by atoms with E-state index in [0.29, 0.717) is 6.61 Å². The summed E-state index contributed by atoms with van der Waals surface area (Å²) in [5.41, 5.74) is 3.67. The maximum Gasteiger partial charge on any atom is 0.160 e. The van der Waals surface area contributed by atoms with Crippen molar-refractivity contribution in [2.75, 3.05) is 11.9 Å². The number of ether oxygens (including phenoxy) is 1. The molecule has 0 saturated carbocycles. The Hall–Kier alpha value is -2.63. The van der Waals surface area contributed by atoms with E-state index in [0.717, 1.165) is 40.5 Å². The Morgan fingerprint density at radius 2 is 1.91 bits per heavy atom. The summed E-state index contributed by atoms with van der Waals surface area (Å²) in [6, 6.07) is 7.82. The number of aryl methyl sites for hydroxylation is 2. The molecular formula is C16H19N5O. The van der Waals surface area contributed by atoms with Gasteiger partial charge in [-0.2, -0.15) is 5.10 Å². The van der Waals surface area contributed by atoms with Gasteiger partial charge in [0.05, 0.1) is 12.3 Å². The molecule has 2 heterocycles. The topological polar surface area (TPSA) is 64.9 Å². The maximum atomic E-state index is 5.45. The molecule has 0 saturated heterocycles. The molecule has 3 rings (SSSR count). The highest BCUT2D eigenvalue weighted by molar-refractivity contribution is 5.89.